The molecule has 49 heavy (non-hydrogen) atoms. The Balaban J connectivity index is 1.09. The van der Waals surface area contributed by atoms with E-state index in [2.05, 4.69) is 132 Å². The molecule has 8 aromatic rings. The van der Waals surface area contributed by atoms with Gasteiger partial charge in [0.2, 0.25) is 0 Å². The van der Waals surface area contributed by atoms with Crippen molar-refractivity contribution in [1.82, 2.24) is 0 Å². The van der Waals surface area contributed by atoms with Gasteiger partial charge < -0.3 is 4.90 Å². The number of fused-ring (bicyclic) bond motifs is 9. The minimum Gasteiger partial charge on any atom is -0.310 e. The van der Waals surface area contributed by atoms with Crippen LogP contribution in [0.2, 0.25) is 0 Å². The van der Waals surface area contributed by atoms with Crippen LogP contribution in [0, 0.1) is 23.7 Å². The lowest BCUT2D eigenvalue weighted by molar-refractivity contribution is -0.0399. The number of rotatable bonds is 3. The van der Waals surface area contributed by atoms with Crippen molar-refractivity contribution in [3.05, 3.63) is 139 Å². The number of hydrogen-bond acceptors (Lipinski definition) is 3. The first-order valence-electron chi connectivity index (χ1n) is 18.1. The average Bonchev–Trinajstić information content (AvgIpc) is 3.78. The Bertz CT molecular complexity index is 2510. The molecule has 0 radical (unpaired) electrons. The molecule has 2 aromatic heterocycles. The summed E-state index contributed by atoms with van der Waals surface area (Å²) in [6.45, 7) is 0. The second kappa shape index (κ2) is 9.84. The lowest BCUT2D eigenvalue weighted by Crippen LogP contribution is -2.55. The Morgan fingerprint density at radius 3 is 1.55 bits per heavy atom. The highest BCUT2D eigenvalue weighted by atomic mass is 32.1. The number of hydrogen-bond donors (Lipinski definition) is 0. The van der Waals surface area contributed by atoms with Crippen LogP contribution in [0.4, 0.5) is 17.1 Å². The summed E-state index contributed by atoms with van der Waals surface area (Å²) >= 11 is 3.82. The van der Waals surface area contributed by atoms with Gasteiger partial charge in [-0.05, 0) is 127 Å². The molecule has 6 aromatic carbocycles. The molecule has 4 saturated carbocycles. The van der Waals surface area contributed by atoms with E-state index >= 15 is 0 Å². The fourth-order valence-corrected chi connectivity index (χ4v) is 13.7. The van der Waals surface area contributed by atoms with Gasteiger partial charge >= 0.3 is 0 Å². The lowest BCUT2D eigenvalue weighted by Gasteiger charge is -2.61. The fourth-order valence-electron chi connectivity index (χ4n) is 11.4. The molecule has 236 valence electrons. The molecule has 13 rings (SSSR count). The van der Waals surface area contributed by atoms with Crippen LogP contribution < -0.4 is 4.90 Å². The summed E-state index contributed by atoms with van der Waals surface area (Å²) in [6.07, 6.45) is 7.09. The summed E-state index contributed by atoms with van der Waals surface area (Å²) in [4.78, 5) is 2.56. The molecule has 0 unspecified atom stereocenters. The molecule has 0 amide bonds. The second-order valence-corrected chi connectivity index (χ2v) is 17.5. The zero-order chi connectivity index (χ0) is 31.8. The Kier molecular flexibility index (Phi) is 5.50. The maximum absolute atomic E-state index is 2.64. The predicted molar refractivity (Wildman–Crippen MR) is 210 cm³/mol. The quantitative estimate of drug-likeness (QED) is 0.182. The molecule has 2 heterocycles. The first-order chi connectivity index (χ1) is 24.2. The van der Waals surface area contributed by atoms with E-state index in [9.17, 15) is 0 Å². The summed E-state index contributed by atoms with van der Waals surface area (Å²) in [6, 6.07) is 49.0. The standard InChI is InChI=1S/C46H35NS2/c1-4-10-40-34(7-1)35-16-13-31(24-41(35)46(40)29-20-27-19-28(22-29)23-30(46)21-27)47(32-14-17-38-36-8-2-5-11-42(36)48-44(38)25-32)33-15-18-39-37-9-3-6-12-43(37)49-45(39)26-33/h1-18,24-30H,19-23H2. The third-order valence-corrected chi connectivity index (χ3v) is 15.3. The van der Waals surface area contributed by atoms with Crippen molar-refractivity contribution in [2.45, 2.75) is 37.5 Å². The number of anilines is 3. The molecule has 0 atom stereocenters. The maximum atomic E-state index is 2.64. The van der Waals surface area contributed by atoms with Crippen LogP contribution in [0.25, 0.3) is 51.5 Å². The van der Waals surface area contributed by atoms with Gasteiger partial charge in [-0.2, -0.15) is 0 Å². The van der Waals surface area contributed by atoms with Crippen LogP contribution in [0.3, 0.4) is 0 Å². The van der Waals surface area contributed by atoms with Crippen molar-refractivity contribution in [1.29, 1.82) is 0 Å². The summed E-state index contributed by atoms with van der Waals surface area (Å²) < 4.78 is 5.40. The average molecular weight is 666 g/mol. The topological polar surface area (TPSA) is 3.24 Å². The van der Waals surface area contributed by atoms with Crippen molar-refractivity contribution in [2.24, 2.45) is 23.7 Å². The lowest BCUT2D eigenvalue weighted by atomic mass is 9.43. The molecule has 1 nitrogen and oxygen atoms in total. The molecule has 4 bridgehead atoms. The minimum absolute atomic E-state index is 0.145. The van der Waals surface area contributed by atoms with E-state index in [1.807, 2.05) is 22.7 Å². The van der Waals surface area contributed by atoms with Crippen molar-refractivity contribution in [3.63, 3.8) is 0 Å². The van der Waals surface area contributed by atoms with Crippen LogP contribution in [0.1, 0.15) is 43.2 Å². The summed E-state index contributed by atoms with van der Waals surface area (Å²) in [5.74, 6) is 3.37. The Hall–Kier alpha value is -4.44. The molecule has 0 N–H and O–H groups in total. The molecule has 3 heteroatoms. The first kappa shape index (κ1) is 27.4. The molecular formula is C46H35NS2. The zero-order valence-electron chi connectivity index (χ0n) is 27.2. The molecule has 1 spiro atoms. The molecule has 4 fully saturated rings. The van der Waals surface area contributed by atoms with E-state index in [0.717, 1.165) is 23.7 Å². The van der Waals surface area contributed by atoms with Gasteiger partial charge in [0, 0.05) is 62.8 Å². The normalized spacial score (nSPS) is 24.8. The van der Waals surface area contributed by atoms with Crippen molar-refractivity contribution < 1.29 is 0 Å². The van der Waals surface area contributed by atoms with E-state index < -0.39 is 0 Å². The van der Waals surface area contributed by atoms with E-state index in [4.69, 9.17) is 0 Å². The summed E-state index contributed by atoms with van der Waals surface area (Å²) in [5, 5.41) is 5.40. The number of thiophene rings is 2. The van der Waals surface area contributed by atoms with Gasteiger partial charge in [-0.3, -0.25) is 0 Å². The summed E-state index contributed by atoms with van der Waals surface area (Å²) in [7, 11) is 0. The van der Waals surface area contributed by atoms with Gasteiger partial charge in [0.15, 0.2) is 0 Å². The van der Waals surface area contributed by atoms with Gasteiger partial charge in [0.25, 0.3) is 0 Å². The van der Waals surface area contributed by atoms with Gasteiger partial charge in [-0.25, -0.2) is 0 Å². The van der Waals surface area contributed by atoms with E-state index in [-0.39, 0.29) is 5.41 Å². The SMILES string of the molecule is c1ccc2c(c1)-c1ccc(N(c3ccc4c(c3)sc3ccccc34)c3ccc4c(c3)sc3ccccc34)cc1C21C2CC3CC(C2)CC1C3. The Morgan fingerprint density at radius 1 is 0.429 bits per heavy atom. The maximum Gasteiger partial charge on any atom is 0.0476 e. The summed E-state index contributed by atoms with van der Waals surface area (Å²) in [5.41, 5.74) is 10.1. The van der Waals surface area contributed by atoms with Crippen LogP contribution in [0.5, 0.6) is 0 Å². The van der Waals surface area contributed by atoms with Crippen LogP contribution in [-0.4, -0.2) is 0 Å². The van der Waals surface area contributed by atoms with E-state index in [1.54, 1.807) is 11.1 Å². The monoisotopic (exact) mass is 665 g/mol. The third-order valence-electron chi connectivity index (χ3n) is 13.0. The fraction of sp³-hybridized carbons (Fsp3) is 0.217. The second-order valence-electron chi connectivity index (χ2n) is 15.3. The van der Waals surface area contributed by atoms with Crippen LogP contribution >= 0.6 is 22.7 Å². The van der Waals surface area contributed by atoms with Gasteiger partial charge in [0.05, 0.1) is 0 Å². The van der Waals surface area contributed by atoms with Gasteiger partial charge in [-0.15, -0.1) is 22.7 Å². The molecule has 0 aliphatic heterocycles. The van der Waals surface area contributed by atoms with E-state index in [0.29, 0.717) is 0 Å². The Labute approximate surface area is 294 Å². The molecule has 5 aliphatic rings. The van der Waals surface area contributed by atoms with Crippen molar-refractivity contribution >= 4 is 80.1 Å². The van der Waals surface area contributed by atoms with Crippen LogP contribution in [-0.2, 0) is 5.41 Å². The first-order valence-corrected chi connectivity index (χ1v) is 19.7. The smallest absolute Gasteiger partial charge is 0.0476 e. The van der Waals surface area contributed by atoms with Crippen LogP contribution in [0.15, 0.2) is 127 Å². The van der Waals surface area contributed by atoms with Gasteiger partial charge in [0.1, 0.15) is 0 Å². The molecular weight excluding hydrogens is 631 g/mol. The predicted octanol–water partition coefficient (Wildman–Crippen LogP) is 13.6. The Morgan fingerprint density at radius 2 is 0.918 bits per heavy atom. The number of benzene rings is 6. The molecule has 0 saturated heterocycles. The highest BCUT2D eigenvalue weighted by Crippen LogP contribution is 2.69. The highest BCUT2D eigenvalue weighted by molar-refractivity contribution is 7.26. The molecule has 5 aliphatic carbocycles. The van der Waals surface area contributed by atoms with Gasteiger partial charge in [-0.1, -0.05) is 78.9 Å². The van der Waals surface area contributed by atoms with Crippen molar-refractivity contribution in [2.75, 3.05) is 4.90 Å². The van der Waals surface area contributed by atoms with Crippen molar-refractivity contribution in [3.8, 4) is 11.1 Å². The third kappa shape index (κ3) is 3.65. The van der Waals surface area contributed by atoms with E-state index in [1.165, 1.54) is 101 Å². The largest absolute Gasteiger partial charge is 0.310 e. The zero-order valence-corrected chi connectivity index (χ0v) is 28.9. The number of nitrogens with zero attached hydrogens (tertiary/aromatic N) is 1. The minimum atomic E-state index is 0.145. The highest BCUT2D eigenvalue weighted by Gasteiger charge is 2.61.